The van der Waals surface area contributed by atoms with Gasteiger partial charge in [-0.25, -0.2) is 8.42 Å². The van der Waals surface area contributed by atoms with Crippen LogP contribution < -0.4 is 0 Å². The van der Waals surface area contributed by atoms with Gasteiger partial charge in [-0.3, -0.25) is 0 Å². The summed E-state index contributed by atoms with van der Waals surface area (Å²) >= 11 is 0. The quantitative estimate of drug-likeness (QED) is 0.589. The van der Waals surface area contributed by atoms with Crippen LogP contribution in [0.2, 0.25) is 19.6 Å². The van der Waals surface area contributed by atoms with Crippen molar-refractivity contribution in [1.29, 1.82) is 0 Å². The van der Waals surface area contributed by atoms with E-state index in [4.69, 9.17) is 0 Å². The van der Waals surface area contributed by atoms with Gasteiger partial charge < -0.3 is 0 Å². The molecule has 2 nitrogen and oxygen atoms in total. The van der Waals surface area contributed by atoms with Crippen LogP contribution in [0.4, 0.5) is 0 Å². The van der Waals surface area contributed by atoms with Crippen LogP contribution in [0, 0.1) is 0 Å². The zero-order valence-corrected chi connectivity index (χ0v) is 10.6. The topological polar surface area (TPSA) is 34.1 Å². The third-order valence-corrected chi connectivity index (χ3v) is 7.70. The number of hydrogen-bond acceptors (Lipinski definition) is 2. The largest absolute Gasteiger partial charge is 0.224 e. The molecule has 1 aromatic carbocycles. The minimum absolute atomic E-state index is 0.323. The van der Waals surface area contributed by atoms with Crippen LogP contribution in [0.25, 0.3) is 0 Å². The normalized spacial score (nSPS) is 12.8. The third-order valence-electron chi connectivity index (χ3n) is 1.73. The molecule has 0 aliphatic rings. The molecular weight excluding hydrogens is 213 g/mol. The average Bonchev–Trinajstić information content (AvgIpc) is 2.01. The van der Waals surface area contributed by atoms with E-state index < -0.39 is 17.9 Å². The fraction of sp³-hybridized carbons (Fsp3) is 0.400. The molecule has 0 aliphatic heterocycles. The van der Waals surface area contributed by atoms with Crippen LogP contribution in [-0.4, -0.2) is 21.9 Å². The first-order valence-electron chi connectivity index (χ1n) is 4.59. The van der Waals surface area contributed by atoms with Gasteiger partial charge in [-0.05, 0) is 12.1 Å². The molecule has 0 radical (unpaired) electrons. The molecule has 0 amide bonds. The van der Waals surface area contributed by atoms with Crippen molar-refractivity contribution >= 4 is 17.9 Å². The van der Waals surface area contributed by atoms with Crippen LogP contribution in [0.15, 0.2) is 35.2 Å². The van der Waals surface area contributed by atoms with Crippen molar-refractivity contribution < 1.29 is 8.42 Å². The summed E-state index contributed by atoms with van der Waals surface area (Å²) in [6, 6.07) is 8.67. The Morgan fingerprint density at radius 3 is 2.00 bits per heavy atom. The van der Waals surface area contributed by atoms with Crippen molar-refractivity contribution in [3.05, 3.63) is 30.3 Å². The van der Waals surface area contributed by atoms with E-state index in [9.17, 15) is 8.42 Å². The lowest BCUT2D eigenvalue weighted by Crippen LogP contribution is -2.32. The molecule has 0 spiro atoms. The molecule has 14 heavy (non-hydrogen) atoms. The van der Waals surface area contributed by atoms with Crippen LogP contribution in [-0.2, 0) is 9.84 Å². The second-order valence-electron chi connectivity index (χ2n) is 4.63. The van der Waals surface area contributed by atoms with Crippen molar-refractivity contribution in [2.24, 2.45) is 0 Å². The van der Waals surface area contributed by atoms with E-state index in [0.717, 1.165) is 0 Å². The summed E-state index contributed by atoms with van der Waals surface area (Å²) < 4.78 is 23.8. The predicted molar refractivity (Wildman–Crippen MR) is 61.8 cm³/mol. The number of rotatable bonds is 3. The van der Waals surface area contributed by atoms with E-state index in [1.807, 2.05) is 6.07 Å². The number of benzene rings is 1. The maximum Gasteiger partial charge on any atom is 0.175 e. The number of hydrogen-bond donors (Lipinski definition) is 0. The average molecular weight is 229 g/mol. The van der Waals surface area contributed by atoms with E-state index in [2.05, 4.69) is 19.6 Å². The van der Waals surface area contributed by atoms with Gasteiger partial charge in [0.15, 0.2) is 9.84 Å². The molecule has 78 valence electrons. The highest BCUT2D eigenvalue weighted by Gasteiger charge is 2.24. The van der Waals surface area contributed by atoms with Crippen molar-refractivity contribution in [2.75, 3.05) is 5.38 Å². The molecule has 0 atom stereocenters. The summed E-state index contributed by atoms with van der Waals surface area (Å²) in [6.07, 6.45) is 0. The molecule has 0 N–H and O–H groups in total. The lowest BCUT2D eigenvalue weighted by atomic mass is 10.4. The summed E-state index contributed by atoms with van der Waals surface area (Å²) in [5.41, 5.74) is 0. The highest BCUT2D eigenvalue weighted by atomic mass is 32.2. The fourth-order valence-electron chi connectivity index (χ4n) is 1.28. The molecule has 1 rings (SSSR count). The Kier molecular flexibility index (Phi) is 3.16. The summed E-state index contributed by atoms with van der Waals surface area (Å²) in [7, 11) is -4.62. The van der Waals surface area contributed by atoms with Crippen molar-refractivity contribution in [2.45, 2.75) is 24.5 Å². The molecule has 0 heterocycles. The van der Waals surface area contributed by atoms with Crippen molar-refractivity contribution in [3.63, 3.8) is 0 Å². The van der Waals surface area contributed by atoms with Crippen LogP contribution in [0.3, 0.4) is 0 Å². The first-order chi connectivity index (χ1) is 6.31. The Morgan fingerprint density at radius 1 is 1.07 bits per heavy atom. The molecule has 0 unspecified atom stereocenters. The summed E-state index contributed by atoms with van der Waals surface area (Å²) in [6.45, 7) is 6.19. The van der Waals surface area contributed by atoms with Gasteiger partial charge in [0.25, 0.3) is 0 Å². The summed E-state index contributed by atoms with van der Waals surface area (Å²) in [5.74, 6) is 0. The van der Waals surface area contributed by atoms with E-state index in [1.165, 1.54) is 0 Å². The first-order valence-corrected chi connectivity index (χ1v) is 9.95. The highest BCUT2D eigenvalue weighted by molar-refractivity contribution is 7.93. The molecule has 0 saturated heterocycles. The van der Waals surface area contributed by atoms with Gasteiger partial charge in [-0.15, -0.1) is 0 Å². The predicted octanol–water partition coefficient (Wildman–Crippen LogP) is 2.34. The third kappa shape index (κ3) is 3.27. The Balaban J connectivity index is 2.99. The first kappa shape index (κ1) is 11.5. The zero-order chi connectivity index (χ0) is 10.8. The molecule has 0 aliphatic carbocycles. The molecule has 0 aromatic heterocycles. The van der Waals surface area contributed by atoms with E-state index >= 15 is 0 Å². The SMILES string of the molecule is C[Si](C)(C)[13CH2]S(=O)(=O)c1ccccc1. The van der Waals surface area contributed by atoms with E-state index in [1.54, 1.807) is 24.3 Å². The smallest absolute Gasteiger partial charge is 0.175 e. The Bertz CT molecular complexity index is 390. The molecule has 0 fully saturated rings. The molecular formula is C10H16O2SSi. The monoisotopic (exact) mass is 229 g/mol. The van der Waals surface area contributed by atoms with Crippen LogP contribution >= 0.6 is 0 Å². The molecule has 4 heteroatoms. The molecule has 0 bridgehead atoms. The summed E-state index contributed by atoms with van der Waals surface area (Å²) in [5, 5.41) is 0.323. The lowest BCUT2D eigenvalue weighted by molar-refractivity contribution is 0.600. The maximum atomic E-state index is 11.9. The Hall–Kier alpha value is -0.613. The van der Waals surface area contributed by atoms with Gasteiger partial charge >= 0.3 is 0 Å². The fourth-order valence-corrected chi connectivity index (χ4v) is 7.08. The highest BCUT2D eigenvalue weighted by Crippen LogP contribution is 2.15. The van der Waals surface area contributed by atoms with Crippen molar-refractivity contribution in [1.82, 2.24) is 0 Å². The molecule has 1 aromatic rings. The van der Waals surface area contributed by atoms with Crippen LogP contribution in [0.5, 0.6) is 0 Å². The Labute approximate surface area is 86.9 Å². The van der Waals surface area contributed by atoms with Gasteiger partial charge in [-0.2, -0.15) is 0 Å². The van der Waals surface area contributed by atoms with E-state index in [0.29, 0.717) is 10.3 Å². The van der Waals surface area contributed by atoms with Crippen molar-refractivity contribution in [3.8, 4) is 0 Å². The minimum Gasteiger partial charge on any atom is -0.224 e. The molecule has 0 saturated carbocycles. The van der Waals surface area contributed by atoms with Gasteiger partial charge in [0.05, 0.1) is 13.0 Å². The van der Waals surface area contributed by atoms with Crippen LogP contribution in [0.1, 0.15) is 0 Å². The zero-order valence-electron chi connectivity index (χ0n) is 8.82. The second kappa shape index (κ2) is 3.86. The summed E-state index contributed by atoms with van der Waals surface area (Å²) in [4.78, 5) is 0.447. The lowest BCUT2D eigenvalue weighted by Gasteiger charge is -2.15. The van der Waals surface area contributed by atoms with Gasteiger partial charge in [0.2, 0.25) is 0 Å². The Morgan fingerprint density at radius 2 is 1.57 bits per heavy atom. The maximum absolute atomic E-state index is 11.9. The second-order valence-corrected chi connectivity index (χ2v) is 12.6. The van der Waals surface area contributed by atoms with Gasteiger partial charge in [-0.1, -0.05) is 37.8 Å². The standard InChI is InChI=1S/C10H16O2SSi/c1-14(2,3)9-13(11,12)10-7-5-4-6-8-10/h4-8H,9H2,1-3H3/i9+1. The number of sulfone groups is 1. The van der Waals surface area contributed by atoms with E-state index in [-0.39, 0.29) is 0 Å². The van der Waals surface area contributed by atoms with Gasteiger partial charge in [0.1, 0.15) is 0 Å². The van der Waals surface area contributed by atoms with Gasteiger partial charge in [0, 0.05) is 5.38 Å². The minimum atomic E-state index is -3.06.